The molecule has 126 valence electrons. The van der Waals surface area contributed by atoms with Gasteiger partial charge in [0.05, 0.1) is 10.6 Å². The number of rotatable bonds is 3. The average molecular weight is 353 g/mol. The van der Waals surface area contributed by atoms with Crippen molar-refractivity contribution in [2.24, 2.45) is 0 Å². The van der Waals surface area contributed by atoms with Crippen molar-refractivity contribution in [2.75, 3.05) is 5.32 Å². The molecule has 1 N–H and O–H groups in total. The summed E-state index contributed by atoms with van der Waals surface area (Å²) in [5.41, 5.74) is 2.10. The van der Waals surface area contributed by atoms with Gasteiger partial charge in [0.1, 0.15) is 5.82 Å². The lowest BCUT2D eigenvalue weighted by atomic mass is 10.1. The van der Waals surface area contributed by atoms with Crippen molar-refractivity contribution in [1.82, 2.24) is 14.8 Å². The highest BCUT2D eigenvalue weighted by atomic mass is 35.5. The molecule has 0 aliphatic carbocycles. The first-order valence-corrected chi connectivity index (χ1v) is 8.68. The van der Waals surface area contributed by atoms with E-state index < -0.39 is 0 Å². The van der Waals surface area contributed by atoms with Crippen LogP contribution in [-0.2, 0) is 13.0 Å². The molecule has 0 fully saturated rings. The normalized spacial score (nSPS) is 13.3. The maximum Gasteiger partial charge on any atom is 0.257 e. The second-order valence-corrected chi connectivity index (χ2v) is 6.47. The zero-order chi connectivity index (χ0) is 17.2. The Hall–Kier alpha value is -2.66. The van der Waals surface area contributed by atoms with Crippen LogP contribution in [0.5, 0.6) is 0 Å². The highest BCUT2D eigenvalue weighted by Gasteiger charge is 2.17. The Morgan fingerprint density at radius 1 is 1.08 bits per heavy atom. The Balaban J connectivity index is 1.61. The van der Waals surface area contributed by atoms with Crippen LogP contribution in [0.1, 0.15) is 29.0 Å². The number of halogens is 1. The van der Waals surface area contributed by atoms with Gasteiger partial charge in [-0.15, -0.1) is 10.2 Å². The predicted molar refractivity (Wildman–Crippen MR) is 97.8 cm³/mol. The van der Waals surface area contributed by atoms with Crippen molar-refractivity contribution in [3.8, 4) is 11.4 Å². The van der Waals surface area contributed by atoms with Gasteiger partial charge >= 0.3 is 0 Å². The molecule has 2 heterocycles. The van der Waals surface area contributed by atoms with Crippen LogP contribution < -0.4 is 5.32 Å². The molecular weight excluding hydrogens is 336 g/mol. The summed E-state index contributed by atoms with van der Waals surface area (Å²) < 4.78 is 2.17. The van der Waals surface area contributed by atoms with E-state index in [0.717, 1.165) is 43.0 Å². The summed E-state index contributed by atoms with van der Waals surface area (Å²) in [5.74, 6) is 1.65. The van der Waals surface area contributed by atoms with E-state index in [9.17, 15) is 4.79 Å². The lowest BCUT2D eigenvalue weighted by Crippen LogP contribution is -2.13. The lowest BCUT2D eigenvalue weighted by molar-refractivity contribution is 0.102. The van der Waals surface area contributed by atoms with E-state index in [1.54, 1.807) is 24.3 Å². The van der Waals surface area contributed by atoms with Gasteiger partial charge in [0.2, 0.25) is 0 Å². The minimum atomic E-state index is -0.231. The second kappa shape index (κ2) is 6.69. The number of nitrogens with one attached hydrogen (secondary N) is 1. The molecule has 0 unspecified atom stereocenters. The van der Waals surface area contributed by atoms with E-state index in [1.807, 2.05) is 24.3 Å². The summed E-state index contributed by atoms with van der Waals surface area (Å²) >= 11 is 6.09. The van der Waals surface area contributed by atoms with Crippen LogP contribution in [-0.4, -0.2) is 20.7 Å². The molecule has 6 heteroatoms. The van der Waals surface area contributed by atoms with Crippen LogP contribution in [0.15, 0.2) is 48.5 Å². The molecule has 5 nitrogen and oxygen atoms in total. The molecule has 3 aromatic rings. The summed E-state index contributed by atoms with van der Waals surface area (Å²) in [6.45, 7) is 0.938. The Labute approximate surface area is 150 Å². The van der Waals surface area contributed by atoms with Crippen LogP contribution in [0, 0.1) is 0 Å². The topological polar surface area (TPSA) is 59.8 Å². The van der Waals surface area contributed by atoms with Crippen molar-refractivity contribution >= 4 is 23.2 Å². The lowest BCUT2D eigenvalue weighted by Gasteiger charge is -2.15. The molecule has 1 amide bonds. The van der Waals surface area contributed by atoms with Crippen LogP contribution in [0.25, 0.3) is 11.4 Å². The highest BCUT2D eigenvalue weighted by Crippen LogP contribution is 2.25. The second-order valence-electron chi connectivity index (χ2n) is 6.06. The van der Waals surface area contributed by atoms with Gasteiger partial charge in [-0.1, -0.05) is 35.9 Å². The van der Waals surface area contributed by atoms with Gasteiger partial charge in [-0.2, -0.15) is 0 Å². The fourth-order valence-electron chi connectivity index (χ4n) is 3.10. The fraction of sp³-hybridized carbons (Fsp3) is 0.211. The molecule has 25 heavy (non-hydrogen) atoms. The van der Waals surface area contributed by atoms with Gasteiger partial charge < -0.3 is 9.88 Å². The van der Waals surface area contributed by atoms with E-state index in [4.69, 9.17) is 11.6 Å². The molecule has 2 aromatic carbocycles. The van der Waals surface area contributed by atoms with Gasteiger partial charge in [-0.05, 0) is 37.1 Å². The molecule has 1 aliphatic rings. The van der Waals surface area contributed by atoms with E-state index in [0.29, 0.717) is 16.3 Å². The number of hydrogen-bond donors (Lipinski definition) is 1. The molecule has 0 saturated heterocycles. The number of benzene rings is 2. The van der Waals surface area contributed by atoms with E-state index in [-0.39, 0.29) is 5.91 Å². The van der Waals surface area contributed by atoms with Crippen molar-refractivity contribution in [2.45, 2.75) is 25.8 Å². The van der Waals surface area contributed by atoms with Crippen molar-refractivity contribution in [1.29, 1.82) is 0 Å². The number of anilines is 1. The SMILES string of the molecule is O=C(Nc1cccc(-c2nnc3n2CCCC3)c1)c1ccccc1Cl. The third kappa shape index (κ3) is 3.15. The van der Waals surface area contributed by atoms with Gasteiger partial charge in [-0.3, -0.25) is 4.79 Å². The molecule has 4 rings (SSSR count). The number of fused-ring (bicyclic) bond motifs is 1. The Morgan fingerprint density at radius 3 is 2.84 bits per heavy atom. The van der Waals surface area contributed by atoms with Crippen LogP contribution in [0.2, 0.25) is 5.02 Å². The molecule has 0 atom stereocenters. The largest absolute Gasteiger partial charge is 0.322 e. The third-order valence-electron chi connectivity index (χ3n) is 4.36. The minimum absolute atomic E-state index is 0.231. The van der Waals surface area contributed by atoms with Gasteiger partial charge in [0.25, 0.3) is 5.91 Å². The van der Waals surface area contributed by atoms with Crippen LogP contribution in [0.3, 0.4) is 0 Å². The molecule has 1 aromatic heterocycles. The Bertz CT molecular complexity index is 935. The first-order valence-electron chi connectivity index (χ1n) is 8.31. The first kappa shape index (κ1) is 15.8. The average Bonchev–Trinajstić information content (AvgIpc) is 3.06. The molecule has 0 saturated carbocycles. The first-order chi connectivity index (χ1) is 12.2. The highest BCUT2D eigenvalue weighted by molar-refractivity contribution is 6.34. The molecule has 0 radical (unpaired) electrons. The Kier molecular flexibility index (Phi) is 4.24. The summed E-state index contributed by atoms with van der Waals surface area (Å²) in [6, 6.07) is 14.7. The molecule has 0 spiro atoms. The van der Waals surface area contributed by atoms with Crippen LogP contribution in [0.4, 0.5) is 5.69 Å². The monoisotopic (exact) mass is 352 g/mol. The summed E-state index contributed by atoms with van der Waals surface area (Å²) in [4.78, 5) is 12.4. The predicted octanol–water partition coefficient (Wildman–Crippen LogP) is 4.19. The number of amides is 1. The zero-order valence-corrected chi connectivity index (χ0v) is 14.3. The number of aryl methyl sites for hydroxylation is 1. The number of aromatic nitrogens is 3. The standard InChI is InChI=1S/C19H17ClN4O/c20-16-9-2-1-8-15(16)19(25)21-14-7-5-6-13(12-14)18-23-22-17-10-3-4-11-24(17)18/h1-2,5-9,12H,3-4,10-11H2,(H,21,25). The number of hydrogen-bond acceptors (Lipinski definition) is 3. The van der Waals surface area contributed by atoms with E-state index in [2.05, 4.69) is 20.1 Å². The summed E-state index contributed by atoms with van der Waals surface area (Å²) in [7, 11) is 0. The fourth-order valence-corrected chi connectivity index (χ4v) is 3.32. The molecule has 0 bridgehead atoms. The summed E-state index contributed by atoms with van der Waals surface area (Å²) in [6.07, 6.45) is 3.27. The minimum Gasteiger partial charge on any atom is -0.322 e. The van der Waals surface area contributed by atoms with E-state index in [1.165, 1.54) is 0 Å². The number of carbonyl (C=O) groups is 1. The maximum absolute atomic E-state index is 12.4. The Morgan fingerprint density at radius 2 is 1.96 bits per heavy atom. The van der Waals surface area contributed by atoms with Crippen molar-refractivity contribution in [3.05, 3.63) is 64.9 Å². The van der Waals surface area contributed by atoms with Crippen molar-refractivity contribution in [3.63, 3.8) is 0 Å². The van der Waals surface area contributed by atoms with E-state index >= 15 is 0 Å². The van der Waals surface area contributed by atoms with Crippen molar-refractivity contribution < 1.29 is 4.79 Å². The maximum atomic E-state index is 12.4. The molecule has 1 aliphatic heterocycles. The number of nitrogens with zero attached hydrogens (tertiary/aromatic N) is 3. The molecular formula is C19H17ClN4O. The summed E-state index contributed by atoms with van der Waals surface area (Å²) in [5, 5.41) is 12.0. The van der Waals surface area contributed by atoms with Gasteiger partial charge in [0.15, 0.2) is 5.82 Å². The van der Waals surface area contributed by atoms with Crippen LogP contribution >= 0.6 is 11.6 Å². The zero-order valence-electron chi connectivity index (χ0n) is 13.6. The number of carbonyl (C=O) groups excluding carboxylic acids is 1. The smallest absolute Gasteiger partial charge is 0.257 e. The quantitative estimate of drug-likeness (QED) is 0.769. The third-order valence-corrected chi connectivity index (χ3v) is 4.69. The van der Waals surface area contributed by atoms with Gasteiger partial charge in [0, 0.05) is 24.2 Å². The van der Waals surface area contributed by atoms with Gasteiger partial charge in [-0.25, -0.2) is 0 Å².